The molecule has 3 N–H and O–H groups in total. The van der Waals surface area contributed by atoms with Gasteiger partial charge in [-0.3, -0.25) is 4.79 Å². The van der Waals surface area contributed by atoms with Crippen molar-refractivity contribution < 1.29 is 4.79 Å². The molecule has 0 spiro atoms. The highest BCUT2D eigenvalue weighted by molar-refractivity contribution is 7.22. The molecule has 1 saturated heterocycles. The number of nitrogens with zero attached hydrogens (tertiary/aromatic N) is 2. The molecule has 4 rings (SSSR count). The van der Waals surface area contributed by atoms with E-state index < -0.39 is 5.91 Å². The molecule has 0 bridgehead atoms. The van der Waals surface area contributed by atoms with Crippen LogP contribution in [-0.2, 0) is 6.42 Å². The van der Waals surface area contributed by atoms with Gasteiger partial charge < -0.3 is 11.1 Å². The van der Waals surface area contributed by atoms with Gasteiger partial charge in [-0.25, -0.2) is 0 Å². The lowest BCUT2D eigenvalue weighted by Crippen LogP contribution is -2.31. The average Bonchev–Trinajstić information content (AvgIpc) is 3.07. The molecule has 2 aromatic heterocycles. The van der Waals surface area contributed by atoms with E-state index in [9.17, 15) is 4.79 Å². The zero-order chi connectivity index (χ0) is 19.0. The van der Waals surface area contributed by atoms with E-state index in [0.717, 1.165) is 58.6 Å². The van der Waals surface area contributed by atoms with Gasteiger partial charge in [0, 0.05) is 20.3 Å². The Kier molecular flexibility index (Phi) is 6.78. The van der Waals surface area contributed by atoms with Crippen LogP contribution in [0.25, 0.3) is 20.5 Å². The molecule has 1 aliphatic rings. The maximum atomic E-state index is 11.8. The first kappa shape index (κ1) is 21.3. The molecular formula is C19H19Cl3N4OS. The van der Waals surface area contributed by atoms with Crippen LogP contribution in [0.2, 0.25) is 10.0 Å². The summed E-state index contributed by atoms with van der Waals surface area (Å²) in [5.41, 5.74) is 7.53. The summed E-state index contributed by atoms with van der Waals surface area (Å²) in [5.74, 6) is -0.0597. The molecule has 0 aliphatic carbocycles. The Balaban J connectivity index is 0.00000225. The summed E-state index contributed by atoms with van der Waals surface area (Å²) in [6, 6.07) is 7.44. The van der Waals surface area contributed by atoms with Crippen molar-refractivity contribution in [3.8, 4) is 10.4 Å². The SMILES string of the molecule is Cl.NC(=O)c1nnc(CC2CCCNC2)c2cc(-c3cc(Cl)cc(Cl)c3)sc12. The van der Waals surface area contributed by atoms with Gasteiger partial charge in [0.15, 0.2) is 5.69 Å². The van der Waals surface area contributed by atoms with Gasteiger partial charge in [-0.2, -0.15) is 5.10 Å². The molecule has 5 nitrogen and oxygen atoms in total. The van der Waals surface area contributed by atoms with Crippen LogP contribution in [0.5, 0.6) is 0 Å². The first-order valence-electron chi connectivity index (χ1n) is 8.77. The number of piperidine rings is 1. The number of carbonyl (C=O) groups excluding carboxylic acids is 1. The van der Waals surface area contributed by atoms with Crippen molar-refractivity contribution in [1.82, 2.24) is 15.5 Å². The van der Waals surface area contributed by atoms with Gasteiger partial charge in [0.25, 0.3) is 5.91 Å². The lowest BCUT2D eigenvalue weighted by Gasteiger charge is -2.22. The second-order valence-electron chi connectivity index (χ2n) is 6.79. The van der Waals surface area contributed by atoms with E-state index in [-0.39, 0.29) is 18.1 Å². The Labute approximate surface area is 183 Å². The quantitative estimate of drug-likeness (QED) is 0.593. The Morgan fingerprint density at radius 1 is 1.21 bits per heavy atom. The van der Waals surface area contributed by atoms with Crippen molar-refractivity contribution >= 4 is 62.9 Å². The highest BCUT2D eigenvalue weighted by Crippen LogP contribution is 2.38. The van der Waals surface area contributed by atoms with E-state index in [1.54, 1.807) is 6.07 Å². The minimum atomic E-state index is -0.573. The number of primary amides is 1. The lowest BCUT2D eigenvalue weighted by atomic mass is 9.93. The predicted octanol–water partition coefficient (Wildman–Crippen LogP) is 4.73. The van der Waals surface area contributed by atoms with Crippen LogP contribution in [0.4, 0.5) is 0 Å². The fraction of sp³-hybridized carbons (Fsp3) is 0.316. The highest BCUT2D eigenvalue weighted by atomic mass is 35.5. The van der Waals surface area contributed by atoms with Crippen molar-refractivity contribution in [1.29, 1.82) is 0 Å². The molecule has 9 heteroatoms. The molecule has 1 unspecified atom stereocenters. The van der Waals surface area contributed by atoms with Gasteiger partial charge in [-0.15, -0.1) is 28.8 Å². The molecule has 1 fully saturated rings. The molecule has 1 aromatic carbocycles. The third-order valence-electron chi connectivity index (χ3n) is 4.79. The van der Waals surface area contributed by atoms with Crippen LogP contribution in [0.1, 0.15) is 29.0 Å². The van der Waals surface area contributed by atoms with Crippen molar-refractivity contribution in [3.05, 3.63) is 45.7 Å². The number of amides is 1. The summed E-state index contributed by atoms with van der Waals surface area (Å²) in [5, 5.41) is 14.0. The molecule has 1 amide bonds. The van der Waals surface area contributed by atoms with Crippen molar-refractivity contribution in [2.45, 2.75) is 19.3 Å². The minimum absolute atomic E-state index is 0. The van der Waals surface area contributed by atoms with E-state index >= 15 is 0 Å². The second-order valence-corrected chi connectivity index (χ2v) is 8.71. The molecule has 1 atom stereocenters. The molecule has 0 radical (unpaired) electrons. The van der Waals surface area contributed by atoms with Crippen LogP contribution in [0, 0.1) is 5.92 Å². The Hall–Kier alpha value is -1.44. The predicted molar refractivity (Wildman–Crippen MR) is 118 cm³/mol. The number of hydrogen-bond acceptors (Lipinski definition) is 5. The number of benzene rings is 1. The smallest absolute Gasteiger partial charge is 0.270 e. The number of rotatable bonds is 4. The normalized spacial score (nSPS) is 16.7. The Morgan fingerprint density at radius 3 is 2.61 bits per heavy atom. The number of hydrogen-bond donors (Lipinski definition) is 2. The molecule has 1 aliphatic heterocycles. The monoisotopic (exact) mass is 456 g/mol. The number of nitrogens with one attached hydrogen (secondary N) is 1. The second kappa shape index (κ2) is 8.93. The number of aromatic nitrogens is 2. The molecular weight excluding hydrogens is 439 g/mol. The first-order chi connectivity index (χ1) is 13.0. The maximum Gasteiger partial charge on any atom is 0.270 e. The van der Waals surface area contributed by atoms with E-state index in [1.807, 2.05) is 18.2 Å². The van der Waals surface area contributed by atoms with Gasteiger partial charge in [-0.1, -0.05) is 23.2 Å². The van der Waals surface area contributed by atoms with Crippen LogP contribution in [0.3, 0.4) is 0 Å². The summed E-state index contributed by atoms with van der Waals surface area (Å²) >= 11 is 13.8. The standard InChI is InChI=1S/C19H18Cl2N4OS.ClH/c20-12-5-11(6-13(21)7-12)16-8-14-15(4-10-2-1-3-23-9-10)24-25-17(19(22)26)18(14)27-16;/h5-8,10,23H,1-4,9H2,(H2,22,26);1H. The van der Waals surface area contributed by atoms with E-state index in [1.165, 1.54) is 11.3 Å². The number of halogens is 3. The Bertz CT molecular complexity index is 998. The molecule has 28 heavy (non-hydrogen) atoms. The van der Waals surface area contributed by atoms with Crippen LogP contribution >= 0.6 is 46.9 Å². The number of nitrogens with two attached hydrogens (primary N) is 1. The van der Waals surface area contributed by atoms with Gasteiger partial charge in [0.05, 0.1) is 10.4 Å². The summed E-state index contributed by atoms with van der Waals surface area (Å²) in [7, 11) is 0. The maximum absolute atomic E-state index is 11.8. The van der Waals surface area contributed by atoms with Gasteiger partial charge in [0.2, 0.25) is 0 Å². The van der Waals surface area contributed by atoms with E-state index in [0.29, 0.717) is 16.0 Å². The zero-order valence-electron chi connectivity index (χ0n) is 14.9. The van der Waals surface area contributed by atoms with Gasteiger partial charge >= 0.3 is 0 Å². The largest absolute Gasteiger partial charge is 0.364 e. The molecule has 3 heterocycles. The Morgan fingerprint density at radius 2 is 1.96 bits per heavy atom. The number of thiophene rings is 1. The topological polar surface area (TPSA) is 80.9 Å². The van der Waals surface area contributed by atoms with Gasteiger partial charge in [0.1, 0.15) is 0 Å². The third-order valence-corrected chi connectivity index (χ3v) is 6.42. The highest BCUT2D eigenvalue weighted by Gasteiger charge is 2.21. The fourth-order valence-corrected chi connectivity index (χ4v) is 5.20. The molecule has 0 saturated carbocycles. The van der Waals surface area contributed by atoms with Crippen LogP contribution in [0.15, 0.2) is 24.3 Å². The minimum Gasteiger partial charge on any atom is -0.364 e. The summed E-state index contributed by atoms with van der Waals surface area (Å²) in [4.78, 5) is 12.8. The summed E-state index contributed by atoms with van der Waals surface area (Å²) in [6.07, 6.45) is 3.15. The van der Waals surface area contributed by atoms with Crippen LogP contribution < -0.4 is 11.1 Å². The summed E-state index contributed by atoms with van der Waals surface area (Å²) < 4.78 is 0.766. The van der Waals surface area contributed by atoms with E-state index in [4.69, 9.17) is 28.9 Å². The van der Waals surface area contributed by atoms with Crippen molar-refractivity contribution in [3.63, 3.8) is 0 Å². The molecule has 148 valence electrons. The number of carbonyl (C=O) groups is 1. The lowest BCUT2D eigenvalue weighted by molar-refractivity contribution is 0.0996. The van der Waals surface area contributed by atoms with Crippen LogP contribution in [-0.4, -0.2) is 29.2 Å². The average molecular weight is 458 g/mol. The fourth-order valence-electron chi connectivity index (χ4n) is 3.51. The van der Waals surface area contributed by atoms with Gasteiger partial charge in [-0.05, 0) is 68.1 Å². The van der Waals surface area contributed by atoms with E-state index in [2.05, 4.69) is 15.5 Å². The zero-order valence-corrected chi connectivity index (χ0v) is 18.0. The summed E-state index contributed by atoms with van der Waals surface area (Å²) in [6.45, 7) is 2.04. The van der Waals surface area contributed by atoms with Crippen molar-refractivity contribution in [2.75, 3.05) is 13.1 Å². The van der Waals surface area contributed by atoms with Crippen molar-refractivity contribution in [2.24, 2.45) is 11.7 Å². The third kappa shape index (κ3) is 4.42. The first-order valence-corrected chi connectivity index (χ1v) is 10.3. The number of fused-ring (bicyclic) bond motifs is 1. The molecule has 3 aromatic rings.